The summed E-state index contributed by atoms with van der Waals surface area (Å²) in [6.07, 6.45) is 0.958. The maximum Gasteiger partial charge on any atom is 0.252 e. The van der Waals surface area contributed by atoms with E-state index >= 15 is 0 Å². The summed E-state index contributed by atoms with van der Waals surface area (Å²) in [5, 5.41) is 3.30. The minimum Gasteiger partial charge on any atom is -0.366 e. The first-order valence-electron chi connectivity index (χ1n) is 9.81. The van der Waals surface area contributed by atoms with E-state index in [2.05, 4.69) is 17.4 Å². The lowest BCUT2D eigenvalue weighted by atomic mass is 9.87. The van der Waals surface area contributed by atoms with Crippen LogP contribution < -0.4 is 5.32 Å². The van der Waals surface area contributed by atoms with Crippen molar-refractivity contribution in [3.63, 3.8) is 0 Å². The van der Waals surface area contributed by atoms with E-state index in [-0.39, 0.29) is 29.9 Å². The lowest BCUT2D eigenvalue weighted by molar-refractivity contribution is -0.153. The van der Waals surface area contributed by atoms with E-state index < -0.39 is 6.10 Å². The van der Waals surface area contributed by atoms with Crippen molar-refractivity contribution in [3.8, 4) is 0 Å². The third-order valence-electron chi connectivity index (χ3n) is 6.05. The summed E-state index contributed by atoms with van der Waals surface area (Å²) in [6, 6.07) is 14.6. The van der Waals surface area contributed by atoms with E-state index in [0.717, 1.165) is 17.5 Å². The zero-order valence-electron chi connectivity index (χ0n) is 15.5. The molecule has 5 nitrogen and oxygen atoms in total. The summed E-state index contributed by atoms with van der Waals surface area (Å²) < 4.78 is 25.0. The summed E-state index contributed by atoms with van der Waals surface area (Å²) >= 11 is 0. The molecular weight excluding hydrogens is 359 g/mol. The fourth-order valence-corrected chi connectivity index (χ4v) is 4.58. The number of carbonyl (C=O) groups excluding carboxylic acids is 1. The highest BCUT2D eigenvalue weighted by Crippen LogP contribution is 2.36. The third-order valence-corrected chi connectivity index (χ3v) is 6.05. The molecule has 0 radical (unpaired) electrons. The van der Waals surface area contributed by atoms with Gasteiger partial charge in [-0.05, 0) is 35.2 Å². The standard InChI is InChI=1S/C22H23FN2O3/c23-16-7-5-15(6-8-16)21-17-4-2-1-3-14(17)9-10-25(21)22(26)19-11-18-20(12-27-19)28-13-24-18/h1-8,18-21,24H,9-13H2/t18-,19+,20+,21-/m0/s1. The van der Waals surface area contributed by atoms with Gasteiger partial charge in [-0.3, -0.25) is 10.1 Å². The van der Waals surface area contributed by atoms with Crippen molar-refractivity contribution in [1.29, 1.82) is 0 Å². The Labute approximate surface area is 163 Å². The Hall–Kier alpha value is -2.28. The Balaban J connectivity index is 1.47. The first-order chi connectivity index (χ1) is 13.7. The van der Waals surface area contributed by atoms with Crippen LogP contribution in [0, 0.1) is 5.82 Å². The largest absolute Gasteiger partial charge is 0.366 e. The van der Waals surface area contributed by atoms with Crippen molar-refractivity contribution in [2.24, 2.45) is 0 Å². The van der Waals surface area contributed by atoms with E-state index in [4.69, 9.17) is 9.47 Å². The number of hydrogen-bond donors (Lipinski definition) is 1. The van der Waals surface area contributed by atoms with E-state index in [1.54, 1.807) is 12.1 Å². The highest BCUT2D eigenvalue weighted by Gasteiger charge is 2.42. The average Bonchev–Trinajstić information content (AvgIpc) is 3.21. The van der Waals surface area contributed by atoms with Gasteiger partial charge in [0.1, 0.15) is 11.9 Å². The average molecular weight is 382 g/mol. The van der Waals surface area contributed by atoms with Gasteiger partial charge in [-0.2, -0.15) is 0 Å². The van der Waals surface area contributed by atoms with Crippen LogP contribution >= 0.6 is 0 Å². The van der Waals surface area contributed by atoms with Crippen LogP contribution in [0.25, 0.3) is 0 Å². The second-order valence-electron chi connectivity index (χ2n) is 7.65. The topological polar surface area (TPSA) is 50.8 Å². The van der Waals surface area contributed by atoms with Gasteiger partial charge in [-0.15, -0.1) is 0 Å². The maximum atomic E-state index is 13.5. The van der Waals surface area contributed by atoms with Crippen LogP contribution in [-0.2, 0) is 20.7 Å². The Bertz CT molecular complexity index is 872. The molecule has 0 spiro atoms. The van der Waals surface area contributed by atoms with E-state index in [1.165, 1.54) is 17.7 Å². The number of nitrogens with one attached hydrogen (secondary N) is 1. The Kier molecular flexibility index (Phi) is 4.62. The van der Waals surface area contributed by atoms with Gasteiger partial charge in [0, 0.05) is 19.0 Å². The van der Waals surface area contributed by atoms with Crippen molar-refractivity contribution < 1.29 is 18.7 Å². The van der Waals surface area contributed by atoms with E-state index in [9.17, 15) is 9.18 Å². The first kappa shape index (κ1) is 17.8. The molecule has 2 aromatic carbocycles. The maximum absolute atomic E-state index is 13.5. The number of carbonyl (C=O) groups is 1. The monoisotopic (exact) mass is 382 g/mol. The molecule has 5 rings (SSSR count). The number of amides is 1. The molecule has 2 fully saturated rings. The van der Waals surface area contributed by atoms with Crippen molar-refractivity contribution in [2.75, 3.05) is 19.9 Å². The molecule has 1 N–H and O–H groups in total. The normalized spacial score (nSPS) is 29.2. The van der Waals surface area contributed by atoms with Crippen LogP contribution in [0.5, 0.6) is 0 Å². The van der Waals surface area contributed by atoms with Gasteiger partial charge in [-0.1, -0.05) is 36.4 Å². The minimum atomic E-state index is -0.483. The van der Waals surface area contributed by atoms with Gasteiger partial charge in [0.05, 0.1) is 25.5 Å². The summed E-state index contributed by atoms with van der Waals surface area (Å²) in [4.78, 5) is 15.4. The molecule has 146 valence electrons. The molecule has 2 aromatic rings. The molecule has 0 unspecified atom stereocenters. The molecule has 0 saturated carbocycles. The van der Waals surface area contributed by atoms with E-state index in [0.29, 0.717) is 26.3 Å². The van der Waals surface area contributed by atoms with Gasteiger partial charge in [0.2, 0.25) is 0 Å². The zero-order chi connectivity index (χ0) is 19.1. The number of halogens is 1. The highest BCUT2D eigenvalue weighted by molar-refractivity contribution is 5.82. The minimum absolute atomic E-state index is 0.00372. The van der Waals surface area contributed by atoms with Gasteiger partial charge in [0.15, 0.2) is 0 Å². The van der Waals surface area contributed by atoms with Crippen molar-refractivity contribution in [2.45, 2.75) is 37.1 Å². The molecule has 3 heterocycles. The lowest BCUT2D eigenvalue weighted by Gasteiger charge is -2.41. The van der Waals surface area contributed by atoms with Crippen molar-refractivity contribution >= 4 is 5.91 Å². The van der Waals surface area contributed by atoms with Crippen LogP contribution in [-0.4, -0.2) is 48.9 Å². The smallest absolute Gasteiger partial charge is 0.252 e. The Morgan fingerprint density at radius 3 is 2.79 bits per heavy atom. The Morgan fingerprint density at radius 1 is 1.11 bits per heavy atom. The van der Waals surface area contributed by atoms with Crippen molar-refractivity contribution in [3.05, 3.63) is 71.0 Å². The number of fused-ring (bicyclic) bond motifs is 2. The molecular formula is C22H23FN2O3. The molecule has 1 amide bonds. The summed E-state index contributed by atoms with van der Waals surface area (Å²) in [5.74, 6) is -0.282. The van der Waals surface area contributed by atoms with Gasteiger partial charge in [0.25, 0.3) is 5.91 Å². The quantitative estimate of drug-likeness (QED) is 0.867. The van der Waals surface area contributed by atoms with Crippen LogP contribution in [0.2, 0.25) is 0 Å². The molecule has 0 aliphatic carbocycles. The number of hydrogen-bond acceptors (Lipinski definition) is 4. The summed E-state index contributed by atoms with van der Waals surface area (Å²) in [5.41, 5.74) is 3.25. The van der Waals surface area contributed by atoms with Gasteiger partial charge in [-0.25, -0.2) is 4.39 Å². The molecule has 6 heteroatoms. The van der Waals surface area contributed by atoms with E-state index in [1.807, 2.05) is 17.0 Å². The first-order valence-corrected chi connectivity index (χ1v) is 9.81. The second kappa shape index (κ2) is 7.28. The molecule has 3 aliphatic rings. The van der Waals surface area contributed by atoms with Crippen LogP contribution in [0.1, 0.15) is 29.2 Å². The van der Waals surface area contributed by atoms with Crippen LogP contribution in [0.4, 0.5) is 4.39 Å². The predicted molar refractivity (Wildman–Crippen MR) is 101 cm³/mol. The number of benzene rings is 2. The predicted octanol–water partition coefficient (Wildman–Crippen LogP) is 2.40. The number of ether oxygens (including phenoxy) is 2. The molecule has 4 atom stereocenters. The number of rotatable bonds is 2. The zero-order valence-corrected chi connectivity index (χ0v) is 15.5. The second-order valence-corrected chi connectivity index (χ2v) is 7.65. The van der Waals surface area contributed by atoms with Crippen molar-refractivity contribution in [1.82, 2.24) is 10.2 Å². The molecule has 2 saturated heterocycles. The fraction of sp³-hybridized carbons (Fsp3) is 0.409. The Morgan fingerprint density at radius 2 is 1.93 bits per heavy atom. The molecule has 28 heavy (non-hydrogen) atoms. The molecule has 0 aromatic heterocycles. The van der Waals surface area contributed by atoms with Gasteiger partial charge >= 0.3 is 0 Å². The number of nitrogens with zero attached hydrogens (tertiary/aromatic N) is 1. The summed E-state index contributed by atoms with van der Waals surface area (Å²) in [7, 11) is 0. The van der Waals surface area contributed by atoms with Crippen LogP contribution in [0.3, 0.4) is 0 Å². The van der Waals surface area contributed by atoms with Gasteiger partial charge < -0.3 is 14.4 Å². The van der Waals surface area contributed by atoms with Crippen LogP contribution in [0.15, 0.2) is 48.5 Å². The lowest BCUT2D eigenvalue weighted by Crippen LogP contribution is -2.52. The third kappa shape index (κ3) is 3.11. The molecule has 3 aliphatic heterocycles. The summed E-state index contributed by atoms with van der Waals surface area (Å²) in [6.45, 7) is 1.56. The SMILES string of the molecule is O=C([C@H]1C[C@@H]2NCO[C@@H]2CO1)N1CCc2ccccc2[C@@H]1c1ccc(F)cc1. The highest BCUT2D eigenvalue weighted by atomic mass is 19.1. The molecule has 0 bridgehead atoms. The fourth-order valence-electron chi connectivity index (χ4n) is 4.58.